The van der Waals surface area contributed by atoms with E-state index < -0.39 is 10.0 Å². The lowest BCUT2D eigenvalue weighted by Gasteiger charge is -2.26. The molecule has 1 rings (SSSR count). The van der Waals surface area contributed by atoms with Gasteiger partial charge in [-0.3, -0.25) is 4.90 Å². The second-order valence-electron chi connectivity index (χ2n) is 3.97. The molecule has 0 amide bonds. The lowest BCUT2D eigenvalue weighted by atomic mass is 10.2. The van der Waals surface area contributed by atoms with Gasteiger partial charge in [-0.15, -0.1) is 0 Å². The highest BCUT2D eigenvalue weighted by molar-refractivity contribution is 7.88. The molecule has 1 aliphatic rings. The first-order chi connectivity index (χ1) is 6.45. The Labute approximate surface area is 86.9 Å². The molecule has 0 aromatic carbocycles. The van der Waals surface area contributed by atoms with Crippen molar-refractivity contribution >= 4 is 10.0 Å². The maximum Gasteiger partial charge on any atom is 0.211 e. The van der Waals surface area contributed by atoms with E-state index in [0.29, 0.717) is 12.6 Å². The Bertz CT molecular complexity index is 277. The van der Waals surface area contributed by atoms with Gasteiger partial charge in [0.2, 0.25) is 10.0 Å². The van der Waals surface area contributed by atoms with Gasteiger partial charge >= 0.3 is 0 Å². The van der Waals surface area contributed by atoms with Crippen molar-refractivity contribution in [3.8, 4) is 0 Å². The molecule has 1 heterocycles. The van der Waals surface area contributed by atoms with Crippen LogP contribution in [0.25, 0.3) is 0 Å². The van der Waals surface area contributed by atoms with E-state index in [1.54, 1.807) is 7.05 Å². The summed E-state index contributed by atoms with van der Waals surface area (Å²) in [4.78, 5) is 2.35. The molecular formula is C9H20N2O2S. The third-order valence-corrected chi connectivity index (χ3v) is 4.22. The number of likely N-dealkylation sites (N-methyl/N-ethyl adjacent to an activating group) is 2. The Hall–Kier alpha value is -0.130. The van der Waals surface area contributed by atoms with Gasteiger partial charge in [-0.2, -0.15) is 0 Å². The SMILES string of the molecule is CCN1CCCC1CN(C)S(C)(=O)=O. The number of hydrogen-bond donors (Lipinski definition) is 0. The molecule has 1 fully saturated rings. The lowest BCUT2D eigenvalue weighted by Crippen LogP contribution is -2.40. The van der Waals surface area contributed by atoms with Crippen molar-refractivity contribution < 1.29 is 8.42 Å². The molecule has 5 heteroatoms. The third kappa shape index (κ3) is 2.93. The van der Waals surface area contributed by atoms with Gasteiger partial charge in [0.05, 0.1) is 6.26 Å². The van der Waals surface area contributed by atoms with Crippen molar-refractivity contribution in [2.75, 3.05) is 32.9 Å². The van der Waals surface area contributed by atoms with Gasteiger partial charge in [0.15, 0.2) is 0 Å². The van der Waals surface area contributed by atoms with Gasteiger partial charge < -0.3 is 0 Å². The van der Waals surface area contributed by atoms with E-state index in [1.807, 2.05) is 0 Å². The zero-order chi connectivity index (χ0) is 10.8. The van der Waals surface area contributed by atoms with Crippen molar-refractivity contribution in [1.29, 1.82) is 0 Å². The lowest BCUT2D eigenvalue weighted by molar-refractivity contribution is 0.238. The zero-order valence-electron chi connectivity index (χ0n) is 9.23. The van der Waals surface area contributed by atoms with Crippen LogP contribution in [-0.2, 0) is 10.0 Å². The molecule has 0 radical (unpaired) electrons. The van der Waals surface area contributed by atoms with E-state index in [4.69, 9.17) is 0 Å². The van der Waals surface area contributed by atoms with Crippen LogP contribution < -0.4 is 0 Å². The average molecular weight is 220 g/mol. The van der Waals surface area contributed by atoms with Crippen molar-refractivity contribution in [3.05, 3.63) is 0 Å². The number of sulfonamides is 1. The summed E-state index contributed by atoms with van der Waals surface area (Å²) >= 11 is 0. The zero-order valence-corrected chi connectivity index (χ0v) is 10.0. The molecular weight excluding hydrogens is 200 g/mol. The molecule has 1 aliphatic heterocycles. The monoisotopic (exact) mass is 220 g/mol. The first-order valence-electron chi connectivity index (χ1n) is 5.10. The van der Waals surface area contributed by atoms with Crippen molar-refractivity contribution in [2.45, 2.75) is 25.8 Å². The van der Waals surface area contributed by atoms with Gasteiger partial charge in [-0.05, 0) is 25.9 Å². The Morgan fingerprint density at radius 1 is 1.50 bits per heavy atom. The minimum absolute atomic E-state index is 0.416. The van der Waals surface area contributed by atoms with Crippen LogP contribution in [0.3, 0.4) is 0 Å². The van der Waals surface area contributed by atoms with E-state index in [-0.39, 0.29) is 0 Å². The molecule has 0 spiro atoms. The molecule has 4 nitrogen and oxygen atoms in total. The fraction of sp³-hybridized carbons (Fsp3) is 1.00. The third-order valence-electron chi connectivity index (χ3n) is 2.94. The number of rotatable bonds is 4. The second kappa shape index (κ2) is 4.59. The molecule has 1 unspecified atom stereocenters. The van der Waals surface area contributed by atoms with E-state index in [9.17, 15) is 8.42 Å². The predicted molar refractivity (Wildman–Crippen MR) is 57.7 cm³/mol. The molecule has 84 valence electrons. The van der Waals surface area contributed by atoms with Gasteiger partial charge in [0, 0.05) is 19.6 Å². The maximum absolute atomic E-state index is 11.2. The highest BCUT2D eigenvalue weighted by Gasteiger charge is 2.26. The summed E-state index contributed by atoms with van der Waals surface area (Å²) in [5.74, 6) is 0. The van der Waals surface area contributed by atoms with Crippen LogP contribution in [0.1, 0.15) is 19.8 Å². The molecule has 0 aromatic rings. The maximum atomic E-state index is 11.2. The summed E-state index contributed by atoms with van der Waals surface area (Å²) in [7, 11) is -1.36. The largest absolute Gasteiger partial charge is 0.299 e. The summed E-state index contributed by atoms with van der Waals surface area (Å²) in [5, 5.41) is 0. The first kappa shape index (κ1) is 11.9. The van der Waals surface area contributed by atoms with Gasteiger partial charge in [-0.1, -0.05) is 6.92 Å². The van der Waals surface area contributed by atoms with Gasteiger partial charge in [-0.25, -0.2) is 12.7 Å². The number of nitrogens with zero attached hydrogens (tertiary/aromatic N) is 2. The molecule has 0 bridgehead atoms. The van der Waals surface area contributed by atoms with E-state index in [1.165, 1.54) is 17.0 Å². The van der Waals surface area contributed by atoms with Crippen molar-refractivity contribution in [3.63, 3.8) is 0 Å². The second-order valence-corrected chi connectivity index (χ2v) is 6.06. The topological polar surface area (TPSA) is 40.6 Å². The average Bonchev–Trinajstić information content (AvgIpc) is 2.50. The highest BCUT2D eigenvalue weighted by atomic mass is 32.2. The summed E-state index contributed by atoms with van der Waals surface area (Å²) in [6.45, 7) is 4.88. The smallest absolute Gasteiger partial charge is 0.211 e. The fourth-order valence-corrected chi connectivity index (χ4v) is 2.39. The van der Waals surface area contributed by atoms with Crippen LogP contribution in [0.4, 0.5) is 0 Å². The van der Waals surface area contributed by atoms with Crippen LogP contribution >= 0.6 is 0 Å². The summed E-state index contributed by atoms with van der Waals surface area (Å²) in [6.07, 6.45) is 3.57. The first-order valence-corrected chi connectivity index (χ1v) is 6.95. The van der Waals surface area contributed by atoms with E-state index in [0.717, 1.165) is 19.5 Å². The Morgan fingerprint density at radius 2 is 2.14 bits per heavy atom. The molecule has 0 aromatic heterocycles. The molecule has 1 saturated heterocycles. The summed E-state index contributed by atoms with van der Waals surface area (Å²) in [5.41, 5.74) is 0. The standard InChI is InChI=1S/C9H20N2O2S/c1-4-11-7-5-6-9(11)8-10(2)14(3,12)13/h9H,4-8H2,1-3H3. The molecule has 0 saturated carbocycles. The predicted octanol–water partition coefficient (Wildman–Crippen LogP) is 0.362. The molecule has 1 atom stereocenters. The highest BCUT2D eigenvalue weighted by Crippen LogP contribution is 2.17. The number of hydrogen-bond acceptors (Lipinski definition) is 3. The van der Waals surface area contributed by atoms with Crippen molar-refractivity contribution in [1.82, 2.24) is 9.21 Å². The van der Waals surface area contributed by atoms with Crippen LogP contribution in [0, 0.1) is 0 Å². The minimum atomic E-state index is -3.02. The van der Waals surface area contributed by atoms with Crippen LogP contribution in [0.5, 0.6) is 0 Å². The minimum Gasteiger partial charge on any atom is -0.299 e. The Balaban J connectivity index is 2.52. The van der Waals surface area contributed by atoms with Crippen LogP contribution in [0.2, 0.25) is 0 Å². The molecule has 14 heavy (non-hydrogen) atoms. The Kier molecular flexibility index (Phi) is 3.92. The van der Waals surface area contributed by atoms with Gasteiger partial charge in [0.25, 0.3) is 0 Å². The number of likely N-dealkylation sites (tertiary alicyclic amines) is 1. The van der Waals surface area contributed by atoms with Crippen LogP contribution in [-0.4, -0.2) is 56.6 Å². The summed E-state index contributed by atoms with van der Waals surface area (Å²) < 4.78 is 23.9. The van der Waals surface area contributed by atoms with E-state index >= 15 is 0 Å². The fourth-order valence-electron chi connectivity index (χ4n) is 1.95. The van der Waals surface area contributed by atoms with Gasteiger partial charge in [0.1, 0.15) is 0 Å². The quantitative estimate of drug-likeness (QED) is 0.687. The van der Waals surface area contributed by atoms with Crippen LogP contribution in [0.15, 0.2) is 0 Å². The summed E-state index contributed by atoms with van der Waals surface area (Å²) in [6, 6.07) is 0.416. The molecule has 0 N–H and O–H groups in total. The van der Waals surface area contributed by atoms with Crippen molar-refractivity contribution in [2.24, 2.45) is 0 Å². The normalized spacial score (nSPS) is 24.7. The van der Waals surface area contributed by atoms with E-state index in [2.05, 4.69) is 11.8 Å². The molecule has 0 aliphatic carbocycles. The Morgan fingerprint density at radius 3 is 2.64 bits per heavy atom.